The van der Waals surface area contributed by atoms with Crippen LogP contribution in [-0.4, -0.2) is 39.2 Å². The molecule has 1 aromatic carbocycles. The Kier molecular flexibility index (Phi) is 6.15. The Morgan fingerprint density at radius 2 is 1.65 bits per heavy atom. The Morgan fingerprint density at radius 3 is 2.05 bits per heavy atom. The van der Waals surface area contributed by atoms with E-state index in [4.69, 9.17) is 14.2 Å². The molecule has 0 aliphatic rings. The molecule has 1 aromatic rings. The molecule has 20 heavy (non-hydrogen) atoms. The molecule has 0 fully saturated rings. The third-order valence-corrected chi connectivity index (χ3v) is 3.03. The number of carbonyl (C=O) groups is 1. The zero-order valence-corrected chi connectivity index (χ0v) is 12.9. The van der Waals surface area contributed by atoms with E-state index >= 15 is 0 Å². The summed E-state index contributed by atoms with van der Waals surface area (Å²) in [6, 6.07) is 3.72. The van der Waals surface area contributed by atoms with Gasteiger partial charge in [0.15, 0.2) is 11.5 Å². The lowest BCUT2D eigenvalue weighted by molar-refractivity contribution is -0.130. The van der Waals surface area contributed by atoms with Crippen LogP contribution in [0.15, 0.2) is 12.1 Å². The second-order valence-electron chi connectivity index (χ2n) is 4.53. The number of rotatable bonds is 7. The molecular formula is C15H23NO4. The Morgan fingerprint density at radius 1 is 1.10 bits per heavy atom. The lowest BCUT2D eigenvalue weighted by Gasteiger charge is -2.19. The highest BCUT2D eigenvalue weighted by atomic mass is 16.5. The minimum absolute atomic E-state index is 0.126. The molecule has 0 aromatic heterocycles. The number of hydrogen-bond donors (Lipinski definition) is 0. The molecule has 0 saturated carbocycles. The lowest BCUT2D eigenvalue weighted by Crippen LogP contribution is -2.25. The van der Waals surface area contributed by atoms with E-state index in [2.05, 4.69) is 0 Å². The standard InChI is InChI=1S/C15H23NO4/c1-6-7-14(17)16(2)10-11-8-12(18-3)15(20-5)13(9-11)19-4/h8-9H,6-7,10H2,1-5H3. The van der Waals surface area contributed by atoms with Crippen molar-refractivity contribution in [3.8, 4) is 17.2 Å². The molecule has 0 spiro atoms. The molecule has 112 valence electrons. The Bertz CT molecular complexity index is 434. The first-order valence-corrected chi connectivity index (χ1v) is 6.60. The molecule has 1 rings (SSSR count). The van der Waals surface area contributed by atoms with Crippen molar-refractivity contribution in [1.82, 2.24) is 4.90 Å². The van der Waals surface area contributed by atoms with Crippen molar-refractivity contribution in [2.24, 2.45) is 0 Å². The van der Waals surface area contributed by atoms with Crippen molar-refractivity contribution in [3.63, 3.8) is 0 Å². The van der Waals surface area contributed by atoms with Crippen LogP contribution in [-0.2, 0) is 11.3 Å². The van der Waals surface area contributed by atoms with Gasteiger partial charge >= 0.3 is 0 Å². The monoisotopic (exact) mass is 281 g/mol. The van der Waals surface area contributed by atoms with Crippen LogP contribution < -0.4 is 14.2 Å². The SMILES string of the molecule is CCCC(=O)N(C)Cc1cc(OC)c(OC)c(OC)c1. The average molecular weight is 281 g/mol. The first-order chi connectivity index (χ1) is 9.57. The molecule has 0 aliphatic heterocycles. The smallest absolute Gasteiger partial charge is 0.222 e. The Hall–Kier alpha value is -1.91. The van der Waals surface area contributed by atoms with Gasteiger partial charge in [-0.05, 0) is 24.1 Å². The first-order valence-electron chi connectivity index (χ1n) is 6.60. The summed E-state index contributed by atoms with van der Waals surface area (Å²) < 4.78 is 15.9. The molecule has 5 heteroatoms. The average Bonchev–Trinajstić information content (AvgIpc) is 2.46. The van der Waals surface area contributed by atoms with Crippen LogP contribution in [0.5, 0.6) is 17.2 Å². The second kappa shape index (κ2) is 7.62. The van der Waals surface area contributed by atoms with Crippen molar-refractivity contribution in [2.75, 3.05) is 28.4 Å². The Balaban J connectivity index is 2.98. The van der Waals surface area contributed by atoms with Crippen molar-refractivity contribution in [1.29, 1.82) is 0 Å². The second-order valence-corrected chi connectivity index (χ2v) is 4.53. The molecular weight excluding hydrogens is 258 g/mol. The van der Waals surface area contributed by atoms with E-state index in [1.807, 2.05) is 19.1 Å². The van der Waals surface area contributed by atoms with Gasteiger partial charge < -0.3 is 19.1 Å². The number of nitrogens with zero attached hydrogens (tertiary/aromatic N) is 1. The van der Waals surface area contributed by atoms with Crippen LogP contribution in [0.2, 0.25) is 0 Å². The number of methoxy groups -OCH3 is 3. The van der Waals surface area contributed by atoms with E-state index in [1.54, 1.807) is 33.3 Å². The van der Waals surface area contributed by atoms with Crippen LogP contribution in [0.25, 0.3) is 0 Å². The molecule has 5 nitrogen and oxygen atoms in total. The number of carbonyl (C=O) groups excluding carboxylic acids is 1. The molecule has 1 amide bonds. The fourth-order valence-electron chi connectivity index (χ4n) is 1.99. The van der Waals surface area contributed by atoms with Crippen LogP contribution in [0.4, 0.5) is 0 Å². The van der Waals surface area contributed by atoms with Gasteiger partial charge in [0.25, 0.3) is 0 Å². The summed E-state index contributed by atoms with van der Waals surface area (Å²) in [6.07, 6.45) is 1.40. The summed E-state index contributed by atoms with van der Waals surface area (Å²) in [5.74, 6) is 1.87. The quantitative estimate of drug-likeness (QED) is 0.770. The molecule has 0 bridgehead atoms. The van der Waals surface area contributed by atoms with Gasteiger partial charge in [0.05, 0.1) is 21.3 Å². The molecule has 0 saturated heterocycles. The van der Waals surface area contributed by atoms with Crippen molar-refractivity contribution in [3.05, 3.63) is 17.7 Å². The van der Waals surface area contributed by atoms with Gasteiger partial charge in [-0.25, -0.2) is 0 Å². The number of hydrogen-bond acceptors (Lipinski definition) is 4. The number of amides is 1. The van der Waals surface area contributed by atoms with E-state index in [9.17, 15) is 4.79 Å². The molecule has 0 unspecified atom stereocenters. The predicted octanol–water partition coefficient (Wildman–Crippen LogP) is 2.47. The summed E-state index contributed by atoms with van der Waals surface area (Å²) in [5, 5.41) is 0. The van der Waals surface area contributed by atoms with Crippen LogP contribution in [0.3, 0.4) is 0 Å². The highest BCUT2D eigenvalue weighted by Gasteiger charge is 2.15. The Labute approximate surface area is 120 Å². The summed E-state index contributed by atoms with van der Waals surface area (Å²) >= 11 is 0. The lowest BCUT2D eigenvalue weighted by atomic mass is 10.1. The summed E-state index contributed by atoms with van der Waals surface area (Å²) in [4.78, 5) is 13.5. The summed E-state index contributed by atoms with van der Waals surface area (Å²) in [6.45, 7) is 2.50. The minimum Gasteiger partial charge on any atom is -0.493 e. The maximum atomic E-state index is 11.8. The van der Waals surface area contributed by atoms with E-state index in [0.717, 1.165) is 12.0 Å². The van der Waals surface area contributed by atoms with E-state index < -0.39 is 0 Å². The van der Waals surface area contributed by atoms with Gasteiger partial charge in [0, 0.05) is 20.0 Å². The highest BCUT2D eigenvalue weighted by molar-refractivity contribution is 5.75. The van der Waals surface area contributed by atoms with Crippen molar-refractivity contribution in [2.45, 2.75) is 26.3 Å². The van der Waals surface area contributed by atoms with Crippen LogP contribution >= 0.6 is 0 Å². The van der Waals surface area contributed by atoms with Crippen LogP contribution in [0, 0.1) is 0 Å². The largest absolute Gasteiger partial charge is 0.493 e. The topological polar surface area (TPSA) is 48.0 Å². The molecule has 0 heterocycles. The van der Waals surface area contributed by atoms with Crippen molar-refractivity contribution >= 4 is 5.91 Å². The predicted molar refractivity (Wildman–Crippen MR) is 77.5 cm³/mol. The molecule has 0 radical (unpaired) electrons. The van der Waals surface area contributed by atoms with E-state index in [-0.39, 0.29) is 5.91 Å². The maximum absolute atomic E-state index is 11.8. The van der Waals surface area contributed by atoms with Gasteiger partial charge in [-0.2, -0.15) is 0 Å². The zero-order valence-electron chi connectivity index (χ0n) is 12.9. The third-order valence-electron chi connectivity index (χ3n) is 3.03. The molecule has 0 atom stereocenters. The van der Waals surface area contributed by atoms with Gasteiger partial charge in [-0.1, -0.05) is 6.92 Å². The number of benzene rings is 1. The fraction of sp³-hybridized carbons (Fsp3) is 0.533. The highest BCUT2D eigenvalue weighted by Crippen LogP contribution is 2.38. The van der Waals surface area contributed by atoms with Crippen LogP contribution in [0.1, 0.15) is 25.3 Å². The van der Waals surface area contributed by atoms with E-state index in [1.165, 1.54) is 0 Å². The van der Waals surface area contributed by atoms with Gasteiger partial charge in [-0.3, -0.25) is 4.79 Å². The minimum atomic E-state index is 0.126. The maximum Gasteiger partial charge on any atom is 0.222 e. The third kappa shape index (κ3) is 3.79. The van der Waals surface area contributed by atoms with Crippen molar-refractivity contribution < 1.29 is 19.0 Å². The van der Waals surface area contributed by atoms with Gasteiger partial charge in [-0.15, -0.1) is 0 Å². The number of ether oxygens (including phenoxy) is 3. The summed E-state index contributed by atoms with van der Waals surface area (Å²) in [5.41, 5.74) is 0.937. The first kappa shape index (κ1) is 16.1. The fourth-order valence-corrected chi connectivity index (χ4v) is 1.99. The van der Waals surface area contributed by atoms with E-state index in [0.29, 0.717) is 30.2 Å². The van der Waals surface area contributed by atoms with Gasteiger partial charge in [0.1, 0.15) is 0 Å². The molecule has 0 aliphatic carbocycles. The van der Waals surface area contributed by atoms with Gasteiger partial charge in [0.2, 0.25) is 11.7 Å². The molecule has 0 N–H and O–H groups in total. The zero-order chi connectivity index (χ0) is 15.1. The normalized spacial score (nSPS) is 10.1. The summed E-state index contributed by atoms with van der Waals surface area (Å²) in [7, 11) is 6.51.